The van der Waals surface area contributed by atoms with E-state index in [2.05, 4.69) is 11.1 Å². The molecule has 0 unspecified atom stereocenters. The molecule has 0 bridgehead atoms. The number of fused-ring (bicyclic) bond motifs is 1. The number of hydrogen-bond acceptors (Lipinski definition) is 4. The lowest BCUT2D eigenvalue weighted by Crippen LogP contribution is -2.29. The molecule has 0 saturated heterocycles. The van der Waals surface area contributed by atoms with Crippen LogP contribution < -0.4 is 5.69 Å². The number of nitriles is 1. The minimum Gasteiger partial charge on any atom is -0.463 e. The van der Waals surface area contributed by atoms with Crippen LogP contribution in [0.5, 0.6) is 0 Å². The van der Waals surface area contributed by atoms with Gasteiger partial charge in [-0.1, -0.05) is 0 Å². The standard InChI is InChI=1S/C16H17N3O3/c1-10(20)22-13-5-3-12(4-6-13)19-15-7-2-11(9-17)8-14(15)18-16(19)21/h2,7-8,12-13H,3-6H2,1H3,(H,18,21). The van der Waals surface area contributed by atoms with Crippen molar-refractivity contribution >= 4 is 17.0 Å². The number of carbonyl (C=O) groups is 1. The second-order valence-corrected chi connectivity index (χ2v) is 5.68. The van der Waals surface area contributed by atoms with Gasteiger partial charge in [0, 0.05) is 13.0 Å². The van der Waals surface area contributed by atoms with Crippen LogP contribution in [0.25, 0.3) is 11.0 Å². The first-order valence-electron chi connectivity index (χ1n) is 7.40. The molecule has 0 atom stereocenters. The summed E-state index contributed by atoms with van der Waals surface area (Å²) in [6.45, 7) is 1.42. The van der Waals surface area contributed by atoms with Crippen molar-refractivity contribution in [3.63, 3.8) is 0 Å². The average Bonchev–Trinajstić information content (AvgIpc) is 2.82. The second-order valence-electron chi connectivity index (χ2n) is 5.68. The van der Waals surface area contributed by atoms with E-state index in [9.17, 15) is 9.59 Å². The number of nitrogens with one attached hydrogen (secondary N) is 1. The van der Waals surface area contributed by atoms with Crippen molar-refractivity contribution in [2.24, 2.45) is 0 Å². The van der Waals surface area contributed by atoms with Crippen molar-refractivity contribution in [3.05, 3.63) is 34.2 Å². The van der Waals surface area contributed by atoms with E-state index in [1.54, 1.807) is 16.7 Å². The highest BCUT2D eigenvalue weighted by Crippen LogP contribution is 2.31. The number of esters is 1. The molecule has 3 rings (SSSR count). The van der Waals surface area contributed by atoms with Crippen LogP contribution in [0.3, 0.4) is 0 Å². The van der Waals surface area contributed by atoms with Gasteiger partial charge in [0.25, 0.3) is 0 Å². The fraction of sp³-hybridized carbons (Fsp3) is 0.438. The van der Waals surface area contributed by atoms with Crippen LogP contribution in [0.4, 0.5) is 0 Å². The minimum atomic E-state index is -0.253. The van der Waals surface area contributed by atoms with E-state index in [4.69, 9.17) is 10.00 Å². The van der Waals surface area contributed by atoms with Crippen molar-refractivity contribution in [3.8, 4) is 6.07 Å². The third kappa shape index (κ3) is 2.62. The highest BCUT2D eigenvalue weighted by Gasteiger charge is 2.26. The normalized spacial score (nSPS) is 21.5. The van der Waals surface area contributed by atoms with Gasteiger partial charge >= 0.3 is 11.7 Å². The van der Waals surface area contributed by atoms with E-state index < -0.39 is 0 Å². The molecule has 0 aliphatic heterocycles. The smallest absolute Gasteiger partial charge is 0.326 e. The zero-order valence-corrected chi connectivity index (χ0v) is 12.3. The summed E-state index contributed by atoms with van der Waals surface area (Å²) in [5.41, 5.74) is 1.88. The summed E-state index contributed by atoms with van der Waals surface area (Å²) in [6.07, 6.45) is 3.08. The summed E-state index contributed by atoms with van der Waals surface area (Å²) < 4.78 is 7.00. The van der Waals surface area contributed by atoms with Gasteiger partial charge in [0.15, 0.2) is 0 Å². The Bertz CT molecular complexity index is 804. The summed E-state index contributed by atoms with van der Waals surface area (Å²) in [5, 5.41) is 8.93. The topological polar surface area (TPSA) is 87.9 Å². The number of ether oxygens (including phenoxy) is 1. The van der Waals surface area contributed by atoms with E-state index in [-0.39, 0.29) is 23.8 Å². The van der Waals surface area contributed by atoms with E-state index in [0.29, 0.717) is 11.1 Å². The summed E-state index contributed by atoms with van der Waals surface area (Å²) in [5.74, 6) is -0.253. The van der Waals surface area contributed by atoms with Crippen LogP contribution in [0.1, 0.15) is 44.2 Å². The molecule has 2 aromatic rings. The first-order chi connectivity index (χ1) is 10.6. The Labute approximate surface area is 127 Å². The SMILES string of the molecule is CC(=O)OC1CCC(n2c(=O)[nH]c3cc(C#N)ccc32)CC1. The second kappa shape index (κ2) is 5.68. The molecule has 1 aromatic carbocycles. The average molecular weight is 299 g/mol. The number of benzene rings is 1. The molecular formula is C16H17N3O3. The molecule has 1 N–H and O–H groups in total. The van der Waals surface area contributed by atoms with Gasteiger partial charge in [-0.25, -0.2) is 4.79 Å². The Hall–Kier alpha value is -2.55. The highest BCUT2D eigenvalue weighted by atomic mass is 16.5. The molecule has 6 nitrogen and oxygen atoms in total. The molecule has 1 heterocycles. The number of hydrogen-bond donors (Lipinski definition) is 1. The van der Waals surface area contributed by atoms with Crippen LogP contribution in [0.15, 0.2) is 23.0 Å². The predicted octanol–water partition coefficient (Wildman–Crippen LogP) is 2.25. The molecule has 1 aliphatic carbocycles. The largest absolute Gasteiger partial charge is 0.463 e. The Kier molecular flexibility index (Phi) is 3.72. The monoisotopic (exact) mass is 299 g/mol. The maximum absolute atomic E-state index is 12.2. The number of aromatic amines is 1. The molecule has 1 fully saturated rings. The van der Waals surface area contributed by atoms with Gasteiger partial charge in [0.2, 0.25) is 0 Å². The predicted molar refractivity (Wildman–Crippen MR) is 80.3 cm³/mol. The summed E-state index contributed by atoms with van der Waals surface area (Å²) in [7, 11) is 0. The van der Waals surface area contributed by atoms with Crippen LogP contribution in [-0.4, -0.2) is 21.6 Å². The molecule has 0 spiro atoms. The summed E-state index contributed by atoms with van der Waals surface area (Å²) in [6, 6.07) is 7.39. The van der Waals surface area contributed by atoms with Crippen LogP contribution in [0.2, 0.25) is 0 Å². The Balaban J connectivity index is 1.86. The number of nitrogens with zero attached hydrogens (tertiary/aromatic N) is 2. The van der Waals surface area contributed by atoms with Crippen molar-refractivity contribution < 1.29 is 9.53 Å². The van der Waals surface area contributed by atoms with Crippen molar-refractivity contribution in [1.29, 1.82) is 5.26 Å². The van der Waals surface area contributed by atoms with E-state index >= 15 is 0 Å². The number of rotatable bonds is 2. The molecule has 1 aromatic heterocycles. The maximum atomic E-state index is 12.2. The van der Waals surface area contributed by atoms with Crippen molar-refractivity contribution in [2.45, 2.75) is 44.8 Å². The van der Waals surface area contributed by atoms with Crippen LogP contribution in [-0.2, 0) is 9.53 Å². The fourth-order valence-electron chi connectivity index (χ4n) is 3.22. The Morgan fingerprint density at radius 3 is 2.73 bits per heavy atom. The van der Waals surface area contributed by atoms with E-state index in [0.717, 1.165) is 31.2 Å². The van der Waals surface area contributed by atoms with Gasteiger partial charge in [0.1, 0.15) is 6.10 Å². The van der Waals surface area contributed by atoms with E-state index in [1.807, 2.05) is 6.07 Å². The van der Waals surface area contributed by atoms with Gasteiger partial charge < -0.3 is 9.72 Å². The third-order valence-electron chi connectivity index (χ3n) is 4.19. The lowest BCUT2D eigenvalue weighted by atomic mass is 9.92. The van der Waals surface area contributed by atoms with Crippen molar-refractivity contribution in [2.75, 3.05) is 0 Å². The Morgan fingerprint density at radius 1 is 1.36 bits per heavy atom. The zero-order chi connectivity index (χ0) is 15.7. The molecular weight excluding hydrogens is 282 g/mol. The first kappa shape index (κ1) is 14.4. The summed E-state index contributed by atoms with van der Waals surface area (Å²) >= 11 is 0. The molecule has 1 aliphatic rings. The lowest BCUT2D eigenvalue weighted by molar-refractivity contribution is -0.148. The number of aromatic nitrogens is 2. The molecule has 1 saturated carbocycles. The number of imidazole rings is 1. The minimum absolute atomic E-state index is 0.0418. The van der Waals surface area contributed by atoms with Gasteiger partial charge in [-0.05, 0) is 43.9 Å². The van der Waals surface area contributed by atoms with Gasteiger partial charge in [0.05, 0.1) is 22.7 Å². The van der Waals surface area contributed by atoms with Gasteiger partial charge in [-0.2, -0.15) is 5.26 Å². The number of H-pyrrole nitrogens is 1. The van der Waals surface area contributed by atoms with Crippen LogP contribution >= 0.6 is 0 Å². The summed E-state index contributed by atoms with van der Waals surface area (Å²) in [4.78, 5) is 26.1. The van der Waals surface area contributed by atoms with Gasteiger partial charge in [-0.15, -0.1) is 0 Å². The molecule has 0 amide bonds. The molecule has 114 valence electrons. The lowest BCUT2D eigenvalue weighted by Gasteiger charge is -2.28. The highest BCUT2D eigenvalue weighted by molar-refractivity contribution is 5.77. The molecule has 6 heteroatoms. The van der Waals surface area contributed by atoms with Gasteiger partial charge in [-0.3, -0.25) is 9.36 Å². The third-order valence-corrected chi connectivity index (χ3v) is 4.19. The Morgan fingerprint density at radius 2 is 2.09 bits per heavy atom. The number of carbonyl (C=O) groups excluding carboxylic acids is 1. The maximum Gasteiger partial charge on any atom is 0.326 e. The van der Waals surface area contributed by atoms with Crippen LogP contribution in [0, 0.1) is 11.3 Å². The van der Waals surface area contributed by atoms with E-state index in [1.165, 1.54) is 6.92 Å². The fourth-order valence-corrected chi connectivity index (χ4v) is 3.22. The zero-order valence-electron chi connectivity index (χ0n) is 12.3. The molecule has 22 heavy (non-hydrogen) atoms. The van der Waals surface area contributed by atoms with Crippen molar-refractivity contribution in [1.82, 2.24) is 9.55 Å². The first-order valence-corrected chi connectivity index (χ1v) is 7.40. The molecule has 0 radical (unpaired) electrons. The quantitative estimate of drug-likeness (QED) is 0.861.